The van der Waals surface area contributed by atoms with Crippen LogP contribution >= 0.6 is 0 Å². The molecular formula is C90H142N4+4. The van der Waals surface area contributed by atoms with Crippen LogP contribution in [0.2, 0.25) is 0 Å². The lowest BCUT2D eigenvalue weighted by Crippen LogP contribution is -2.38. The second-order valence-electron chi connectivity index (χ2n) is 20.6. The zero-order chi connectivity index (χ0) is 72.1. The molecule has 94 heavy (non-hydrogen) atoms. The molecule has 0 fully saturated rings. The number of hydrogen-bond donors (Lipinski definition) is 0. The third-order valence-electron chi connectivity index (χ3n) is 15.6. The van der Waals surface area contributed by atoms with Gasteiger partial charge in [-0.1, -0.05) is 243 Å². The van der Waals surface area contributed by atoms with Crippen LogP contribution in [0.3, 0.4) is 0 Å². The summed E-state index contributed by atoms with van der Waals surface area (Å²) in [6.45, 7) is 52.7. The molecule has 3 aliphatic carbocycles. The van der Waals surface area contributed by atoms with Crippen LogP contribution in [0.15, 0.2) is 170 Å². The van der Waals surface area contributed by atoms with Gasteiger partial charge in [0.2, 0.25) is 22.8 Å². The molecule has 4 heteroatoms. The van der Waals surface area contributed by atoms with Crippen LogP contribution in [-0.2, 0) is 66.7 Å². The van der Waals surface area contributed by atoms with Gasteiger partial charge in [0.15, 0.2) is 24.3 Å². The molecule has 0 saturated carbocycles. The molecule has 0 spiro atoms. The van der Waals surface area contributed by atoms with E-state index in [0.717, 1.165) is 0 Å². The first kappa shape index (κ1) is 91.2. The quantitative estimate of drug-likeness (QED) is 0.156. The van der Waals surface area contributed by atoms with E-state index in [1.165, 1.54) is 161 Å². The van der Waals surface area contributed by atoms with Gasteiger partial charge < -0.3 is 0 Å². The minimum Gasteiger partial charge on any atom is -0.201 e. The maximum absolute atomic E-state index is 2.40. The van der Waals surface area contributed by atoms with Crippen molar-refractivity contribution < 1.29 is 18.3 Å². The first-order chi connectivity index (χ1) is 46.1. The number of aryl methyl sites for hydroxylation is 11. The summed E-state index contributed by atoms with van der Waals surface area (Å²) in [5.74, 6) is 0. The fourth-order valence-corrected chi connectivity index (χ4v) is 11.6. The molecule has 12 rings (SSSR count). The predicted octanol–water partition coefficient (Wildman–Crippen LogP) is 25.0. The second-order valence-corrected chi connectivity index (χ2v) is 20.6. The predicted molar refractivity (Wildman–Crippen MR) is 423 cm³/mol. The lowest BCUT2D eigenvalue weighted by Gasteiger charge is -2.17. The van der Waals surface area contributed by atoms with E-state index in [1.54, 1.807) is 27.8 Å². The Morgan fingerprint density at radius 2 is 0.638 bits per heavy atom. The van der Waals surface area contributed by atoms with Crippen molar-refractivity contribution in [1.29, 1.82) is 0 Å². The average molecular weight is 1280 g/mol. The molecule has 9 aromatic rings. The van der Waals surface area contributed by atoms with Gasteiger partial charge in [-0.25, -0.2) is 13.7 Å². The Bertz CT molecular complexity index is 3310. The first-order valence-corrected chi connectivity index (χ1v) is 37.7. The van der Waals surface area contributed by atoms with Crippen molar-refractivity contribution in [2.45, 2.75) is 257 Å². The summed E-state index contributed by atoms with van der Waals surface area (Å²) in [5, 5.41) is 2.59. The molecule has 0 atom stereocenters. The van der Waals surface area contributed by atoms with Crippen molar-refractivity contribution in [2.75, 3.05) is 0 Å². The normalized spacial score (nSPS) is 11.0. The number of hydrogen-bond acceptors (Lipinski definition) is 0. The van der Waals surface area contributed by atoms with Crippen molar-refractivity contribution in [3.63, 3.8) is 0 Å². The molecule has 3 aliphatic rings. The fourth-order valence-electron chi connectivity index (χ4n) is 11.6. The van der Waals surface area contributed by atoms with E-state index in [0.29, 0.717) is 0 Å². The lowest BCUT2D eigenvalue weighted by atomic mass is 9.88. The largest absolute Gasteiger partial charge is 0.220 e. The molecule has 0 aliphatic heterocycles. The monoisotopic (exact) mass is 1280 g/mol. The minimum absolute atomic E-state index is 1.23. The highest BCUT2D eigenvalue weighted by molar-refractivity contribution is 5.93. The Morgan fingerprint density at radius 1 is 0.277 bits per heavy atom. The van der Waals surface area contributed by atoms with Crippen LogP contribution < -0.4 is 18.3 Å². The van der Waals surface area contributed by atoms with Gasteiger partial charge in [0.1, 0.15) is 28.2 Å². The Morgan fingerprint density at radius 3 is 1.13 bits per heavy atom. The third kappa shape index (κ3) is 27.4. The maximum atomic E-state index is 2.40. The average Bonchev–Trinajstić information content (AvgIpc) is 0.826. The Balaban J connectivity index is -0.00000107. The van der Waals surface area contributed by atoms with Gasteiger partial charge in [-0.05, 0) is 173 Å². The molecule has 0 N–H and O–H groups in total. The molecule has 518 valence electrons. The fraction of sp³-hybridized carbons (Fsp3) is 0.467. The van der Waals surface area contributed by atoms with Crippen molar-refractivity contribution in [1.82, 2.24) is 0 Å². The van der Waals surface area contributed by atoms with E-state index in [2.05, 4.69) is 244 Å². The van der Waals surface area contributed by atoms with Crippen LogP contribution in [0.5, 0.6) is 0 Å². The molecule has 0 bridgehead atoms. The van der Waals surface area contributed by atoms with Gasteiger partial charge in [-0.15, -0.1) is 0 Å². The topological polar surface area (TPSA) is 15.5 Å². The van der Waals surface area contributed by atoms with Crippen molar-refractivity contribution >= 4 is 10.8 Å². The highest BCUT2D eigenvalue weighted by atomic mass is 15.0. The van der Waals surface area contributed by atoms with Gasteiger partial charge in [0.25, 0.3) is 0 Å². The summed E-state index contributed by atoms with van der Waals surface area (Å²) in [4.78, 5) is 0. The van der Waals surface area contributed by atoms with E-state index < -0.39 is 0 Å². The van der Waals surface area contributed by atoms with Crippen LogP contribution in [0.1, 0.15) is 247 Å². The first-order valence-electron chi connectivity index (χ1n) is 37.7. The second kappa shape index (κ2) is 56.3. The van der Waals surface area contributed by atoms with Gasteiger partial charge in [-0.3, -0.25) is 0 Å². The van der Waals surface area contributed by atoms with Crippen molar-refractivity contribution in [3.05, 3.63) is 226 Å². The van der Waals surface area contributed by atoms with Gasteiger partial charge in [0.05, 0.1) is 5.39 Å². The summed E-state index contributed by atoms with van der Waals surface area (Å²) < 4.78 is 9.17. The third-order valence-corrected chi connectivity index (χ3v) is 15.6. The van der Waals surface area contributed by atoms with Crippen molar-refractivity contribution in [2.24, 2.45) is 28.2 Å². The van der Waals surface area contributed by atoms with E-state index in [4.69, 9.17) is 0 Å². The zero-order valence-electron chi connectivity index (χ0n) is 66.4. The summed E-state index contributed by atoms with van der Waals surface area (Å²) in [7, 11) is 8.65. The molecule has 5 aromatic carbocycles. The standard InChI is InChI=1S/2C17H20N.C17H16N.C17H20N.11C2H6/c1-13-7-3-6-10-16(13)17-11-14-8-4-5-9-15(14)12-18(17)2;2*1-13-7-3-5-9-15(13)17-16-10-6-4-8-14(16)11-12-18(17)2;1-13-7-3-5-9-15(13)17-12-11-14-8-4-6-10-16(14)18(17)2;11*1-2/h3,6-7,10-12H,4-5,8-9H2,1-2H3;3,5,7,9,11-12H,4,6,8,10H2,1-2H3;3-12H,1-2H3;3,5,7,9,11-12H,4,6,8,10H2,1-2H3;11*1-2H3/q4*+1;;;;;;;;;;;. The zero-order valence-corrected chi connectivity index (χ0v) is 66.4. The molecular weight excluding hydrogens is 1140 g/mol. The number of rotatable bonds is 4. The van der Waals surface area contributed by atoms with Crippen LogP contribution in [0.25, 0.3) is 55.8 Å². The molecule has 4 aromatic heterocycles. The Hall–Kier alpha value is -7.04. The minimum atomic E-state index is 1.23. The maximum Gasteiger partial charge on any atom is 0.220 e. The van der Waals surface area contributed by atoms with E-state index in [-0.39, 0.29) is 0 Å². The summed E-state index contributed by atoms with van der Waals surface area (Å²) >= 11 is 0. The van der Waals surface area contributed by atoms with Gasteiger partial charge >= 0.3 is 0 Å². The van der Waals surface area contributed by atoms with Crippen LogP contribution in [-0.4, -0.2) is 0 Å². The van der Waals surface area contributed by atoms with Crippen LogP contribution in [0, 0.1) is 27.7 Å². The Labute approximate surface area is 582 Å². The molecule has 0 radical (unpaired) electrons. The number of fused-ring (bicyclic) bond motifs is 4. The van der Waals surface area contributed by atoms with E-state index in [9.17, 15) is 0 Å². The highest BCUT2D eigenvalue weighted by Crippen LogP contribution is 2.32. The Kier molecular flexibility index (Phi) is 54.6. The molecule has 4 nitrogen and oxygen atoms in total. The molecule has 0 amide bonds. The highest BCUT2D eigenvalue weighted by Gasteiger charge is 2.25. The van der Waals surface area contributed by atoms with Gasteiger partial charge in [0, 0.05) is 69.6 Å². The van der Waals surface area contributed by atoms with Crippen molar-refractivity contribution in [3.8, 4) is 45.0 Å². The number of pyridine rings is 4. The SMILES string of the molecule is CC.CC.CC.CC.CC.CC.CC.CC.CC.CC.CC.Cc1ccccc1-c1c2c(cc[n+]1C)CCCC2.Cc1ccccc1-c1c2ccccc2cc[n+]1C.Cc1ccccc1-c1cc2c(c[n+]1C)CCCC2.Cc1ccccc1-c1ccc2c([n+]1C)CCCC2. The number of aromatic nitrogens is 4. The molecule has 4 heterocycles. The molecule has 0 unspecified atom stereocenters. The summed E-state index contributed by atoms with van der Waals surface area (Å²) in [6, 6.07) is 54.6. The number of nitrogens with zero attached hydrogens (tertiary/aromatic N) is 4. The number of benzene rings is 5. The smallest absolute Gasteiger partial charge is 0.201 e. The summed E-state index contributed by atoms with van der Waals surface area (Å²) in [5.41, 5.74) is 25.5. The molecule has 0 saturated heterocycles. The lowest BCUT2D eigenvalue weighted by molar-refractivity contribution is -0.669. The van der Waals surface area contributed by atoms with E-state index >= 15 is 0 Å². The van der Waals surface area contributed by atoms with E-state index in [1.807, 2.05) is 152 Å². The summed E-state index contributed by atoms with van der Waals surface area (Å²) in [6.07, 6.45) is 22.1. The van der Waals surface area contributed by atoms with Gasteiger partial charge in [-0.2, -0.15) is 4.57 Å². The van der Waals surface area contributed by atoms with Crippen LogP contribution in [0.4, 0.5) is 0 Å².